The second-order valence-corrected chi connectivity index (χ2v) is 6.06. The van der Waals surface area contributed by atoms with Crippen LogP contribution in [-0.2, 0) is 9.59 Å². The standard InChI is InChI=1S/C9H11N3O3.C6H6N2O2.C3H7NO2/c1-6(10)9(13)11-7-2-4-8(5-3-7)12(14)15;7-5-1-3-6(4-2-5)8(9)10;1-2(4)3(5)6/h2-6H,10H2,1H3,(H,11,13);1-4H,7H2;2H,4H2,1H3,(H,5,6). The number of rotatable bonds is 5. The summed E-state index contributed by atoms with van der Waals surface area (Å²) < 4.78 is 0. The van der Waals surface area contributed by atoms with Crippen LogP contribution in [0.4, 0.5) is 22.7 Å². The van der Waals surface area contributed by atoms with Crippen molar-refractivity contribution < 1.29 is 24.5 Å². The number of hydrogen-bond donors (Lipinski definition) is 5. The highest BCUT2D eigenvalue weighted by Gasteiger charge is 2.09. The molecule has 0 radical (unpaired) electrons. The first-order valence-electron chi connectivity index (χ1n) is 8.64. The van der Waals surface area contributed by atoms with Crippen LogP contribution in [-0.4, -0.2) is 38.9 Å². The lowest BCUT2D eigenvalue weighted by molar-refractivity contribution is -0.385. The molecule has 2 aromatic carbocycles. The van der Waals surface area contributed by atoms with Crippen molar-refractivity contribution in [2.24, 2.45) is 11.5 Å². The fourth-order valence-electron chi connectivity index (χ4n) is 1.52. The highest BCUT2D eigenvalue weighted by molar-refractivity contribution is 5.94. The van der Waals surface area contributed by atoms with E-state index in [9.17, 15) is 29.8 Å². The molecule has 8 N–H and O–H groups in total. The second kappa shape index (κ2) is 13.2. The van der Waals surface area contributed by atoms with E-state index < -0.39 is 27.9 Å². The maximum Gasteiger partial charge on any atom is 0.320 e. The van der Waals surface area contributed by atoms with Crippen LogP contribution in [0.3, 0.4) is 0 Å². The number of nitrogens with two attached hydrogens (primary N) is 3. The van der Waals surface area contributed by atoms with Gasteiger partial charge in [0.1, 0.15) is 6.04 Å². The predicted octanol–water partition coefficient (Wildman–Crippen LogP) is 1.48. The molecular formula is C18H24N6O7. The monoisotopic (exact) mass is 436 g/mol. The Morgan fingerprint density at radius 2 is 1.23 bits per heavy atom. The van der Waals surface area contributed by atoms with Gasteiger partial charge in [-0.15, -0.1) is 0 Å². The number of aliphatic carboxylic acids is 1. The van der Waals surface area contributed by atoms with Crippen LogP contribution in [0.5, 0.6) is 0 Å². The van der Waals surface area contributed by atoms with Gasteiger partial charge < -0.3 is 27.6 Å². The van der Waals surface area contributed by atoms with Crippen molar-refractivity contribution in [3.05, 3.63) is 68.8 Å². The number of carboxylic acid groups (broad SMARTS) is 1. The molecule has 0 aliphatic heterocycles. The summed E-state index contributed by atoms with van der Waals surface area (Å²) in [6.45, 7) is 2.98. The van der Waals surface area contributed by atoms with Crippen molar-refractivity contribution in [3.8, 4) is 0 Å². The largest absolute Gasteiger partial charge is 0.480 e. The minimum atomic E-state index is -0.963. The fraction of sp³-hybridized carbons (Fsp3) is 0.222. The van der Waals surface area contributed by atoms with Crippen molar-refractivity contribution in [2.75, 3.05) is 11.1 Å². The zero-order valence-electron chi connectivity index (χ0n) is 16.8. The molecule has 0 saturated carbocycles. The number of non-ortho nitro benzene ring substituents is 2. The zero-order valence-corrected chi connectivity index (χ0v) is 16.8. The van der Waals surface area contributed by atoms with Crippen LogP contribution in [0.1, 0.15) is 13.8 Å². The van der Waals surface area contributed by atoms with Gasteiger partial charge in [0, 0.05) is 35.6 Å². The molecule has 13 nitrogen and oxygen atoms in total. The molecule has 0 bridgehead atoms. The number of carbonyl (C=O) groups is 2. The normalized spacial score (nSPS) is 11.4. The molecule has 0 aliphatic carbocycles. The zero-order chi connectivity index (χ0) is 24.1. The van der Waals surface area contributed by atoms with Gasteiger partial charge in [0.05, 0.1) is 15.9 Å². The summed E-state index contributed by atoms with van der Waals surface area (Å²) in [7, 11) is 0. The van der Waals surface area contributed by atoms with Crippen LogP contribution < -0.4 is 22.5 Å². The Bertz CT molecular complexity index is 883. The van der Waals surface area contributed by atoms with E-state index in [1.165, 1.54) is 55.5 Å². The van der Waals surface area contributed by atoms with E-state index in [1.54, 1.807) is 6.92 Å². The first-order valence-corrected chi connectivity index (χ1v) is 8.64. The Labute approximate surface area is 177 Å². The third-order valence-electron chi connectivity index (χ3n) is 3.25. The molecular weight excluding hydrogens is 412 g/mol. The van der Waals surface area contributed by atoms with Gasteiger partial charge >= 0.3 is 5.97 Å². The lowest BCUT2D eigenvalue weighted by atomic mass is 10.2. The maximum absolute atomic E-state index is 11.2. The van der Waals surface area contributed by atoms with Gasteiger partial charge in [-0.1, -0.05) is 0 Å². The summed E-state index contributed by atoms with van der Waals surface area (Å²) in [6, 6.07) is 9.94. The number of nitrogens with one attached hydrogen (secondary N) is 1. The van der Waals surface area contributed by atoms with E-state index >= 15 is 0 Å². The molecule has 0 spiro atoms. The first-order chi connectivity index (χ1) is 14.3. The number of benzene rings is 2. The summed E-state index contributed by atoms with van der Waals surface area (Å²) in [5.41, 5.74) is 16.5. The lowest BCUT2D eigenvalue weighted by Gasteiger charge is -2.06. The van der Waals surface area contributed by atoms with Crippen molar-refractivity contribution in [2.45, 2.75) is 25.9 Å². The minimum Gasteiger partial charge on any atom is -0.480 e. The van der Waals surface area contributed by atoms with Crippen molar-refractivity contribution in [3.63, 3.8) is 0 Å². The number of amides is 1. The smallest absolute Gasteiger partial charge is 0.320 e. The number of carbonyl (C=O) groups excluding carboxylic acids is 1. The van der Waals surface area contributed by atoms with E-state index in [0.717, 1.165) is 0 Å². The Morgan fingerprint density at radius 1 is 0.871 bits per heavy atom. The van der Waals surface area contributed by atoms with E-state index in [2.05, 4.69) is 5.32 Å². The Hall–Kier alpha value is -4.10. The lowest BCUT2D eigenvalue weighted by Crippen LogP contribution is -2.32. The van der Waals surface area contributed by atoms with Crippen LogP contribution in [0, 0.1) is 20.2 Å². The quantitative estimate of drug-likeness (QED) is 0.257. The number of anilines is 2. The van der Waals surface area contributed by atoms with Gasteiger partial charge in [0.15, 0.2) is 0 Å². The molecule has 0 fully saturated rings. The molecule has 0 aliphatic rings. The average molecular weight is 436 g/mol. The third-order valence-corrected chi connectivity index (χ3v) is 3.25. The van der Waals surface area contributed by atoms with Crippen LogP contribution in [0.25, 0.3) is 0 Å². The predicted molar refractivity (Wildman–Crippen MR) is 114 cm³/mol. The summed E-state index contributed by atoms with van der Waals surface area (Å²) in [5.74, 6) is -1.29. The summed E-state index contributed by atoms with van der Waals surface area (Å²) in [6.07, 6.45) is 0. The van der Waals surface area contributed by atoms with Crippen LogP contribution in [0.15, 0.2) is 48.5 Å². The number of carboxylic acids is 1. The van der Waals surface area contributed by atoms with Crippen LogP contribution in [0.2, 0.25) is 0 Å². The number of hydrogen-bond acceptors (Lipinski definition) is 9. The first kappa shape index (κ1) is 26.9. The molecule has 0 saturated heterocycles. The summed E-state index contributed by atoms with van der Waals surface area (Å²) >= 11 is 0. The van der Waals surface area contributed by atoms with Gasteiger partial charge in [0.2, 0.25) is 5.91 Å². The Balaban J connectivity index is 0.000000484. The average Bonchev–Trinajstić information content (AvgIpc) is 2.69. The topological polar surface area (TPSA) is 231 Å². The third kappa shape index (κ3) is 11.5. The molecule has 2 atom stereocenters. The maximum atomic E-state index is 11.2. The second-order valence-electron chi connectivity index (χ2n) is 6.06. The SMILES string of the molecule is CC(N)C(=O)Nc1ccc([N+](=O)[O-])cc1.CC(N)C(=O)O.Nc1ccc([N+](=O)[O-])cc1. The molecule has 1 amide bonds. The molecule has 31 heavy (non-hydrogen) atoms. The van der Waals surface area contributed by atoms with E-state index in [0.29, 0.717) is 11.4 Å². The summed E-state index contributed by atoms with van der Waals surface area (Å²) in [4.78, 5) is 40.2. The number of nitro benzene ring substituents is 2. The van der Waals surface area contributed by atoms with Crippen LogP contribution >= 0.6 is 0 Å². The fourth-order valence-corrected chi connectivity index (χ4v) is 1.52. The minimum absolute atomic E-state index is 0.0196. The molecule has 13 heteroatoms. The van der Waals surface area contributed by atoms with Gasteiger partial charge in [-0.2, -0.15) is 0 Å². The Kier molecular flexibility index (Phi) is 11.4. The van der Waals surface area contributed by atoms with Gasteiger partial charge in [-0.25, -0.2) is 0 Å². The molecule has 2 unspecified atom stereocenters. The van der Waals surface area contributed by atoms with E-state index in [1.807, 2.05) is 0 Å². The number of nitrogens with zero attached hydrogens (tertiary/aromatic N) is 2. The number of nitro groups is 2. The summed E-state index contributed by atoms with van der Waals surface area (Å²) in [5, 5.41) is 30.8. The number of nitrogen functional groups attached to an aromatic ring is 1. The van der Waals surface area contributed by atoms with E-state index in [-0.39, 0.29) is 17.3 Å². The molecule has 0 heterocycles. The molecule has 0 aromatic heterocycles. The van der Waals surface area contributed by atoms with E-state index in [4.69, 9.17) is 22.3 Å². The molecule has 2 aromatic rings. The highest BCUT2D eigenvalue weighted by Crippen LogP contribution is 2.15. The van der Waals surface area contributed by atoms with Crippen molar-refractivity contribution >= 4 is 34.6 Å². The van der Waals surface area contributed by atoms with Gasteiger partial charge in [-0.05, 0) is 38.1 Å². The molecule has 168 valence electrons. The van der Waals surface area contributed by atoms with Crippen molar-refractivity contribution in [1.29, 1.82) is 0 Å². The Morgan fingerprint density at radius 3 is 1.52 bits per heavy atom. The molecule has 2 rings (SSSR count). The van der Waals surface area contributed by atoms with Gasteiger partial charge in [0.25, 0.3) is 11.4 Å². The van der Waals surface area contributed by atoms with Gasteiger partial charge in [-0.3, -0.25) is 29.8 Å². The highest BCUT2D eigenvalue weighted by atomic mass is 16.6. The van der Waals surface area contributed by atoms with Crippen molar-refractivity contribution in [1.82, 2.24) is 0 Å².